The summed E-state index contributed by atoms with van der Waals surface area (Å²) in [7, 11) is 1.69. The number of hydrogen-bond acceptors (Lipinski definition) is 3. The van der Waals surface area contributed by atoms with Gasteiger partial charge in [-0.15, -0.1) is 0 Å². The number of carboxylic acid groups (broad SMARTS) is 1. The number of aliphatic carboxylic acids is 1. The monoisotopic (exact) mass is 365 g/mol. The molecule has 1 aliphatic heterocycles. The summed E-state index contributed by atoms with van der Waals surface area (Å²) in [6.45, 7) is 0.635. The van der Waals surface area contributed by atoms with Crippen LogP contribution in [0, 0.1) is 5.92 Å². The Morgan fingerprint density at radius 1 is 1.11 bits per heavy atom. The molecular weight excluding hydrogens is 338 g/mol. The lowest BCUT2D eigenvalue weighted by molar-refractivity contribution is -0.142. The number of fused-ring (bicyclic) bond motifs is 1. The fourth-order valence-corrected chi connectivity index (χ4v) is 4.91. The van der Waals surface area contributed by atoms with Crippen molar-refractivity contribution in [1.29, 1.82) is 0 Å². The van der Waals surface area contributed by atoms with E-state index in [1.54, 1.807) is 7.11 Å². The smallest absolute Gasteiger partial charge is 0.320 e. The van der Waals surface area contributed by atoms with E-state index in [1.807, 2.05) is 18.2 Å². The summed E-state index contributed by atoms with van der Waals surface area (Å²) in [5.41, 5.74) is 3.33. The van der Waals surface area contributed by atoms with Gasteiger partial charge >= 0.3 is 5.97 Å². The average molecular weight is 365 g/mol. The van der Waals surface area contributed by atoms with Gasteiger partial charge in [0.15, 0.2) is 0 Å². The highest BCUT2D eigenvalue weighted by molar-refractivity contribution is 5.74. The van der Waals surface area contributed by atoms with Gasteiger partial charge in [-0.25, -0.2) is 0 Å². The van der Waals surface area contributed by atoms with Crippen LogP contribution in [-0.2, 0) is 11.3 Å². The van der Waals surface area contributed by atoms with Crippen LogP contribution < -0.4 is 4.74 Å². The second kappa shape index (κ2) is 7.73. The molecule has 2 fully saturated rings. The van der Waals surface area contributed by atoms with E-state index in [4.69, 9.17) is 4.74 Å². The van der Waals surface area contributed by atoms with E-state index in [1.165, 1.54) is 12.8 Å². The van der Waals surface area contributed by atoms with Crippen molar-refractivity contribution in [3.05, 3.63) is 54.1 Å². The van der Waals surface area contributed by atoms with Crippen molar-refractivity contribution >= 4 is 5.97 Å². The summed E-state index contributed by atoms with van der Waals surface area (Å²) < 4.78 is 5.68. The van der Waals surface area contributed by atoms with Gasteiger partial charge < -0.3 is 9.84 Å². The standard InChI is InChI=1S/C23H27NO3/c1-27-22-14-17(16-7-3-2-4-8-16)11-12-19(22)15-24-20-10-6-5-9-18(20)13-21(24)23(25)26/h2-4,7-8,11-12,14,18,20-21H,5-6,9-10,13,15H2,1H3,(H,25,26). The van der Waals surface area contributed by atoms with Gasteiger partial charge in [0.05, 0.1) is 7.11 Å². The first-order valence-corrected chi connectivity index (χ1v) is 9.88. The van der Waals surface area contributed by atoms with Gasteiger partial charge in [0, 0.05) is 18.2 Å². The molecule has 1 saturated heterocycles. The SMILES string of the molecule is COc1cc(-c2ccccc2)ccc1CN1C(C(=O)O)CC2CCCCC21. The lowest BCUT2D eigenvalue weighted by atomic mass is 9.84. The first-order valence-electron chi connectivity index (χ1n) is 9.88. The number of rotatable bonds is 5. The maximum atomic E-state index is 11.9. The molecule has 27 heavy (non-hydrogen) atoms. The Balaban J connectivity index is 1.61. The lowest BCUT2D eigenvalue weighted by Gasteiger charge is -2.33. The van der Waals surface area contributed by atoms with Crippen LogP contribution in [0.1, 0.15) is 37.7 Å². The van der Waals surface area contributed by atoms with Crippen molar-refractivity contribution in [2.45, 2.75) is 50.7 Å². The first kappa shape index (κ1) is 18.1. The third kappa shape index (κ3) is 3.59. The summed E-state index contributed by atoms with van der Waals surface area (Å²) >= 11 is 0. The maximum Gasteiger partial charge on any atom is 0.320 e. The molecule has 0 amide bonds. The predicted molar refractivity (Wildman–Crippen MR) is 106 cm³/mol. The van der Waals surface area contributed by atoms with Crippen molar-refractivity contribution in [1.82, 2.24) is 4.90 Å². The van der Waals surface area contributed by atoms with Crippen LogP contribution in [-0.4, -0.2) is 35.2 Å². The number of benzene rings is 2. The molecular formula is C23H27NO3. The van der Waals surface area contributed by atoms with Gasteiger partial charge in [-0.05, 0) is 42.4 Å². The van der Waals surface area contributed by atoms with E-state index in [2.05, 4.69) is 35.2 Å². The summed E-state index contributed by atoms with van der Waals surface area (Å²) in [5.74, 6) is 0.665. The van der Waals surface area contributed by atoms with E-state index in [-0.39, 0.29) is 6.04 Å². The zero-order valence-electron chi connectivity index (χ0n) is 15.8. The van der Waals surface area contributed by atoms with Gasteiger partial charge in [0.1, 0.15) is 11.8 Å². The minimum atomic E-state index is -0.690. The zero-order chi connectivity index (χ0) is 18.8. The maximum absolute atomic E-state index is 11.9. The predicted octanol–water partition coefficient (Wildman–Crippen LogP) is 4.58. The van der Waals surface area contributed by atoms with Crippen LogP contribution in [0.3, 0.4) is 0 Å². The van der Waals surface area contributed by atoms with Crippen molar-refractivity contribution in [3.8, 4) is 16.9 Å². The summed E-state index contributed by atoms with van der Waals surface area (Å²) in [5, 5.41) is 9.76. The summed E-state index contributed by atoms with van der Waals surface area (Å²) in [4.78, 5) is 14.1. The highest BCUT2D eigenvalue weighted by Gasteiger charge is 2.45. The van der Waals surface area contributed by atoms with Crippen LogP contribution in [0.25, 0.3) is 11.1 Å². The Labute approximate surface area is 160 Å². The number of likely N-dealkylation sites (tertiary alicyclic amines) is 1. The van der Waals surface area contributed by atoms with Gasteiger partial charge in [-0.3, -0.25) is 9.69 Å². The van der Waals surface area contributed by atoms with E-state index in [0.29, 0.717) is 18.5 Å². The topological polar surface area (TPSA) is 49.8 Å². The number of carbonyl (C=O) groups is 1. The highest BCUT2D eigenvalue weighted by atomic mass is 16.5. The minimum Gasteiger partial charge on any atom is -0.496 e. The molecule has 0 spiro atoms. The molecule has 1 N–H and O–H groups in total. The third-order valence-corrected chi connectivity index (χ3v) is 6.25. The van der Waals surface area contributed by atoms with Crippen LogP contribution in [0.5, 0.6) is 5.75 Å². The molecule has 2 aromatic rings. The number of ether oxygens (including phenoxy) is 1. The van der Waals surface area contributed by atoms with Crippen molar-refractivity contribution in [3.63, 3.8) is 0 Å². The highest BCUT2D eigenvalue weighted by Crippen LogP contribution is 2.41. The van der Waals surface area contributed by atoms with E-state index in [0.717, 1.165) is 41.7 Å². The quantitative estimate of drug-likeness (QED) is 0.843. The van der Waals surface area contributed by atoms with Crippen molar-refractivity contribution < 1.29 is 14.6 Å². The molecule has 4 nitrogen and oxygen atoms in total. The Bertz CT molecular complexity index is 805. The van der Waals surface area contributed by atoms with Gasteiger partial charge in [0.2, 0.25) is 0 Å². The van der Waals surface area contributed by atoms with Gasteiger partial charge in [-0.1, -0.05) is 55.3 Å². The third-order valence-electron chi connectivity index (χ3n) is 6.25. The van der Waals surface area contributed by atoms with E-state index in [9.17, 15) is 9.90 Å². The minimum absolute atomic E-state index is 0.378. The molecule has 0 radical (unpaired) electrons. The van der Waals surface area contributed by atoms with Crippen molar-refractivity contribution in [2.24, 2.45) is 5.92 Å². The Kier molecular flexibility index (Phi) is 5.17. The fourth-order valence-electron chi connectivity index (χ4n) is 4.91. The molecule has 142 valence electrons. The number of carboxylic acids is 1. The Hall–Kier alpha value is -2.33. The molecule has 2 aromatic carbocycles. The molecule has 1 saturated carbocycles. The summed E-state index contributed by atoms with van der Waals surface area (Å²) in [6.07, 6.45) is 5.49. The molecule has 0 bridgehead atoms. The summed E-state index contributed by atoms with van der Waals surface area (Å²) in [6, 6.07) is 16.5. The zero-order valence-corrected chi connectivity index (χ0v) is 15.8. The number of nitrogens with zero attached hydrogens (tertiary/aromatic N) is 1. The molecule has 1 heterocycles. The molecule has 3 atom stereocenters. The molecule has 0 aromatic heterocycles. The molecule has 4 heteroatoms. The van der Waals surface area contributed by atoms with Crippen molar-refractivity contribution in [2.75, 3.05) is 7.11 Å². The van der Waals surface area contributed by atoms with Gasteiger partial charge in [0.25, 0.3) is 0 Å². The molecule has 3 unspecified atom stereocenters. The average Bonchev–Trinajstić information content (AvgIpc) is 3.08. The largest absolute Gasteiger partial charge is 0.496 e. The van der Waals surface area contributed by atoms with Crippen LogP contribution >= 0.6 is 0 Å². The number of hydrogen-bond donors (Lipinski definition) is 1. The molecule has 1 aliphatic carbocycles. The van der Waals surface area contributed by atoms with Gasteiger partial charge in [-0.2, -0.15) is 0 Å². The van der Waals surface area contributed by atoms with E-state index < -0.39 is 5.97 Å². The second-order valence-corrected chi connectivity index (χ2v) is 7.77. The Morgan fingerprint density at radius 3 is 2.63 bits per heavy atom. The molecule has 4 rings (SSSR count). The normalized spacial score (nSPS) is 25.1. The fraction of sp³-hybridized carbons (Fsp3) is 0.435. The van der Waals surface area contributed by atoms with E-state index >= 15 is 0 Å². The van der Waals surface area contributed by atoms with Crippen LogP contribution in [0.4, 0.5) is 0 Å². The molecule has 2 aliphatic rings. The lowest BCUT2D eigenvalue weighted by Crippen LogP contribution is -2.41. The number of methoxy groups -OCH3 is 1. The van der Waals surface area contributed by atoms with Crippen LogP contribution in [0.2, 0.25) is 0 Å². The Morgan fingerprint density at radius 2 is 1.89 bits per heavy atom. The first-order chi connectivity index (χ1) is 13.2. The van der Waals surface area contributed by atoms with Crippen LogP contribution in [0.15, 0.2) is 48.5 Å². The second-order valence-electron chi connectivity index (χ2n) is 7.77.